The summed E-state index contributed by atoms with van der Waals surface area (Å²) in [5, 5.41) is 15.9. The zero-order chi connectivity index (χ0) is 33.8. The van der Waals surface area contributed by atoms with Crippen LogP contribution in [0.5, 0.6) is 0 Å². The maximum absolute atomic E-state index is 15.0. The lowest BCUT2D eigenvalue weighted by molar-refractivity contribution is -0.132. The monoisotopic (exact) mass is 668 g/mol. The Morgan fingerprint density at radius 2 is 1.76 bits per heavy atom. The largest absolute Gasteiger partial charge is 0.315 e. The number of nitrogens with zero attached hydrogens (tertiary/aromatic N) is 5. The number of thiazole rings is 1. The zero-order valence-corrected chi connectivity index (χ0v) is 27.4. The second kappa shape index (κ2) is 13.5. The van der Waals surface area contributed by atoms with Gasteiger partial charge in [0.1, 0.15) is 10.5 Å². The highest BCUT2D eigenvalue weighted by molar-refractivity contribution is 7.90. The number of alkyl halides is 2. The van der Waals surface area contributed by atoms with Crippen LogP contribution in [-0.2, 0) is 39.2 Å². The molecular formula is C32H34F2N6O4S2. The average Bonchev–Trinajstić information content (AvgIpc) is 3.71. The lowest BCUT2D eigenvalue weighted by atomic mass is 9.81. The molecule has 0 spiro atoms. The fourth-order valence-electron chi connectivity index (χ4n) is 5.14. The van der Waals surface area contributed by atoms with Gasteiger partial charge in [-0.05, 0) is 47.7 Å². The summed E-state index contributed by atoms with van der Waals surface area (Å²) in [6.45, 7) is 5.44. The standard InChI is InChI=1S/C32H34F2N6O4S2/c1-30(2,3)25-13-12-23(20-26(25)31(4,33)34)28(41)40(21-27-36-17-19-45-27)32(14-8-15-35,22-39-18-9-16-37-39)29(42)38-46(43,44)24-10-6-5-7-11-24/h5-7,9-13,16-20H,8,14,21-22H2,1-4H3,(H,38,42). The van der Waals surface area contributed by atoms with Gasteiger partial charge < -0.3 is 4.90 Å². The van der Waals surface area contributed by atoms with E-state index in [4.69, 9.17) is 0 Å². The van der Waals surface area contributed by atoms with Gasteiger partial charge in [0.25, 0.3) is 27.8 Å². The Balaban J connectivity index is 1.95. The number of hydrogen-bond acceptors (Lipinski definition) is 8. The third-order valence-electron chi connectivity index (χ3n) is 7.42. The summed E-state index contributed by atoms with van der Waals surface area (Å²) in [5.41, 5.74) is -2.90. The normalized spacial score (nSPS) is 13.4. The smallest absolute Gasteiger partial charge is 0.270 e. The summed E-state index contributed by atoms with van der Waals surface area (Å²) in [5.74, 6) is -5.24. The first kappa shape index (κ1) is 34.4. The highest BCUT2D eigenvalue weighted by atomic mass is 32.2. The number of sulfonamides is 1. The molecule has 0 aliphatic heterocycles. The van der Waals surface area contributed by atoms with Gasteiger partial charge in [-0.25, -0.2) is 26.9 Å². The second-order valence-electron chi connectivity index (χ2n) is 11.9. The third kappa shape index (κ3) is 7.66. The molecule has 2 amide bonds. The van der Waals surface area contributed by atoms with Gasteiger partial charge in [0.15, 0.2) is 0 Å². The minimum atomic E-state index is -4.44. The fourth-order valence-corrected chi connectivity index (χ4v) is 6.81. The fraction of sp³-hybridized carbons (Fsp3) is 0.344. The van der Waals surface area contributed by atoms with E-state index in [1.54, 1.807) is 38.3 Å². The predicted molar refractivity (Wildman–Crippen MR) is 168 cm³/mol. The number of hydrogen-bond donors (Lipinski definition) is 1. The lowest BCUT2D eigenvalue weighted by Crippen LogP contribution is -2.63. The molecule has 242 valence electrons. The Labute approximate surface area is 270 Å². The van der Waals surface area contributed by atoms with Gasteiger partial charge in [0, 0.05) is 48.4 Å². The number of rotatable bonds is 12. The first-order chi connectivity index (χ1) is 21.6. The molecule has 4 rings (SSSR count). The van der Waals surface area contributed by atoms with Gasteiger partial charge in [0.05, 0.1) is 24.1 Å². The molecule has 0 radical (unpaired) electrons. The molecule has 46 heavy (non-hydrogen) atoms. The quantitative estimate of drug-likeness (QED) is 0.206. The first-order valence-corrected chi connectivity index (χ1v) is 16.6. The van der Waals surface area contributed by atoms with Crippen molar-refractivity contribution in [2.75, 3.05) is 0 Å². The van der Waals surface area contributed by atoms with Crippen LogP contribution in [0.2, 0.25) is 0 Å². The van der Waals surface area contributed by atoms with Crippen molar-refractivity contribution < 1.29 is 26.8 Å². The molecule has 0 fully saturated rings. The summed E-state index contributed by atoms with van der Waals surface area (Å²) in [4.78, 5) is 34.2. The first-order valence-electron chi connectivity index (χ1n) is 14.3. The van der Waals surface area contributed by atoms with Crippen molar-refractivity contribution in [3.05, 3.63) is 100 Å². The van der Waals surface area contributed by atoms with Crippen LogP contribution in [0.3, 0.4) is 0 Å². The van der Waals surface area contributed by atoms with Crippen LogP contribution in [0, 0.1) is 11.3 Å². The van der Waals surface area contributed by atoms with Crippen LogP contribution in [-0.4, -0.2) is 45.4 Å². The molecule has 1 atom stereocenters. The second-order valence-corrected chi connectivity index (χ2v) is 14.5. The molecule has 0 saturated carbocycles. The van der Waals surface area contributed by atoms with E-state index < -0.39 is 38.7 Å². The van der Waals surface area contributed by atoms with E-state index in [1.165, 1.54) is 71.0 Å². The van der Waals surface area contributed by atoms with E-state index in [2.05, 4.69) is 14.8 Å². The zero-order valence-electron chi connectivity index (χ0n) is 25.8. The number of carbonyl (C=O) groups is 2. The number of nitrogens with one attached hydrogen (secondary N) is 1. The third-order valence-corrected chi connectivity index (χ3v) is 9.53. The molecule has 4 aromatic rings. The molecule has 0 aliphatic carbocycles. The molecule has 0 aliphatic rings. The van der Waals surface area contributed by atoms with Crippen molar-refractivity contribution in [3.63, 3.8) is 0 Å². The Kier molecular flexibility index (Phi) is 10.1. The Bertz CT molecular complexity index is 1810. The number of carbonyl (C=O) groups excluding carboxylic acids is 2. The Morgan fingerprint density at radius 1 is 1.04 bits per heavy atom. The average molecular weight is 669 g/mol. The number of aromatic nitrogens is 3. The highest BCUT2D eigenvalue weighted by Gasteiger charge is 2.49. The molecule has 0 bridgehead atoms. The molecule has 0 saturated heterocycles. The van der Waals surface area contributed by atoms with Crippen molar-refractivity contribution >= 4 is 33.2 Å². The molecule has 14 heteroatoms. The number of nitriles is 1. The number of halogens is 2. The maximum atomic E-state index is 15.0. The van der Waals surface area contributed by atoms with Crippen LogP contribution in [0.1, 0.15) is 67.0 Å². The van der Waals surface area contributed by atoms with E-state index in [1.807, 2.05) is 6.07 Å². The lowest BCUT2D eigenvalue weighted by Gasteiger charge is -2.42. The predicted octanol–water partition coefficient (Wildman–Crippen LogP) is 5.64. The topological polar surface area (TPSA) is 138 Å². The van der Waals surface area contributed by atoms with Crippen LogP contribution in [0.4, 0.5) is 8.78 Å². The number of benzene rings is 2. The van der Waals surface area contributed by atoms with Gasteiger partial charge in [-0.3, -0.25) is 14.3 Å². The van der Waals surface area contributed by atoms with E-state index in [0.717, 1.165) is 17.9 Å². The van der Waals surface area contributed by atoms with Crippen molar-refractivity contribution in [2.24, 2.45) is 0 Å². The van der Waals surface area contributed by atoms with Crippen molar-refractivity contribution in [1.29, 1.82) is 5.26 Å². The van der Waals surface area contributed by atoms with Gasteiger partial charge in [-0.15, -0.1) is 11.3 Å². The van der Waals surface area contributed by atoms with E-state index >= 15 is 8.78 Å². The van der Waals surface area contributed by atoms with E-state index in [9.17, 15) is 23.3 Å². The SMILES string of the molecule is CC(C)(C)c1ccc(C(=O)N(Cc2nccs2)C(CCC#N)(Cn2cccn2)C(=O)NS(=O)(=O)c2ccccc2)cc1C(C)(F)F. The highest BCUT2D eigenvalue weighted by Crippen LogP contribution is 2.38. The van der Waals surface area contributed by atoms with Crippen LogP contribution < -0.4 is 4.72 Å². The molecule has 10 nitrogen and oxygen atoms in total. The summed E-state index contributed by atoms with van der Waals surface area (Å²) in [6, 6.07) is 14.8. The minimum Gasteiger partial charge on any atom is -0.315 e. The Hall–Kier alpha value is -4.48. The minimum absolute atomic E-state index is 0.151. The van der Waals surface area contributed by atoms with Crippen LogP contribution in [0.15, 0.2) is 83.5 Å². The van der Waals surface area contributed by atoms with Crippen molar-refractivity contribution in [2.45, 2.75) is 75.4 Å². The van der Waals surface area contributed by atoms with Gasteiger partial charge in [-0.1, -0.05) is 45.0 Å². The summed E-state index contributed by atoms with van der Waals surface area (Å²) in [6.07, 6.45) is 3.90. The summed E-state index contributed by atoms with van der Waals surface area (Å²) in [7, 11) is -4.44. The number of amides is 2. The molecule has 2 aromatic carbocycles. The van der Waals surface area contributed by atoms with E-state index in [0.29, 0.717) is 10.6 Å². The van der Waals surface area contributed by atoms with Crippen molar-refractivity contribution in [3.8, 4) is 6.07 Å². The van der Waals surface area contributed by atoms with Crippen molar-refractivity contribution in [1.82, 2.24) is 24.4 Å². The van der Waals surface area contributed by atoms with Gasteiger partial charge in [0.2, 0.25) is 0 Å². The molecule has 1 unspecified atom stereocenters. The van der Waals surface area contributed by atoms with Crippen LogP contribution in [0.25, 0.3) is 0 Å². The molecule has 2 aromatic heterocycles. The molecule has 1 N–H and O–H groups in total. The van der Waals surface area contributed by atoms with Gasteiger partial charge in [-0.2, -0.15) is 10.4 Å². The summed E-state index contributed by atoms with van der Waals surface area (Å²) >= 11 is 1.18. The molecule has 2 heterocycles. The summed E-state index contributed by atoms with van der Waals surface area (Å²) < 4.78 is 60.3. The Morgan fingerprint density at radius 3 is 2.33 bits per heavy atom. The molecular weight excluding hydrogens is 635 g/mol. The van der Waals surface area contributed by atoms with Gasteiger partial charge >= 0.3 is 0 Å². The maximum Gasteiger partial charge on any atom is 0.270 e. The van der Waals surface area contributed by atoms with Crippen LogP contribution >= 0.6 is 11.3 Å². The van der Waals surface area contributed by atoms with E-state index in [-0.39, 0.29) is 42.0 Å².